The van der Waals surface area contributed by atoms with E-state index in [1.165, 1.54) is 0 Å². The summed E-state index contributed by atoms with van der Waals surface area (Å²) in [5.74, 6) is 0.706. The minimum atomic E-state index is 0.649. The SMILES string of the molecule is Nc1cccnc1NCCn1ccnn1. The van der Waals surface area contributed by atoms with Gasteiger partial charge in [-0.05, 0) is 12.1 Å². The standard InChI is InChI=1S/C9H12N6/c10-8-2-1-3-11-9(8)12-4-6-15-7-5-13-14-15/h1-3,5,7H,4,6,10H2,(H,11,12). The van der Waals surface area contributed by atoms with E-state index >= 15 is 0 Å². The first-order chi connectivity index (χ1) is 7.36. The largest absolute Gasteiger partial charge is 0.396 e. The lowest BCUT2D eigenvalue weighted by atomic mass is 10.4. The van der Waals surface area contributed by atoms with Gasteiger partial charge in [0, 0.05) is 18.9 Å². The van der Waals surface area contributed by atoms with Crippen LogP contribution in [0.25, 0.3) is 0 Å². The van der Waals surface area contributed by atoms with Gasteiger partial charge < -0.3 is 11.1 Å². The van der Waals surface area contributed by atoms with Crippen LogP contribution >= 0.6 is 0 Å². The smallest absolute Gasteiger partial charge is 0.149 e. The monoisotopic (exact) mass is 204 g/mol. The average Bonchev–Trinajstić information content (AvgIpc) is 2.74. The van der Waals surface area contributed by atoms with E-state index in [-0.39, 0.29) is 0 Å². The fourth-order valence-electron chi connectivity index (χ4n) is 1.21. The second-order valence-electron chi connectivity index (χ2n) is 3.03. The predicted molar refractivity (Wildman–Crippen MR) is 57.2 cm³/mol. The van der Waals surface area contributed by atoms with E-state index in [9.17, 15) is 0 Å². The number of aromatic nitrogens is 4. The lowest BCUT2D eigenvalue weighted by molar-refractivity contribution is 0.608. The third-order valence-corrected chi connectivity index (χ3v) is 1.94. The molecule has 78 valence electrons. The van der Waals surface area contributed by atoms with Gasteiger partial charge in [0.25, 0.3) is 0 Å². The fourth-order valence-corrected chi connectivity index (χ4v) is 1.21. The van der Waals surface area contributed by atoms with Crippen LogP contribution in [0.2, 0.25) is 0 Å². The van der Waals surface area contributed by atoms with Crippen molar-refractivity contribution in [2.75, 3.05) is 17.6 Å². The summed E-state index contributed by atoms with van der Waals surface area (Å²) in [6.45, 7) is 1.45. The first kappa shape index (κ1) is 9.45. The van der Waals surface area contributed by atoms with E-state index in [1.54, 1.807) is 23.1 Å². The first-order valence-corrected chi connectivity index (χ1v) is 4.65. The van der Waals surface area contributed by atoms with Crippen LogP contribution in [0.3, 0.4) is 0 Å². The molecule has 15 heavy (non-hydrogen) atoms. The first-order valence-electron chi connectivity index (χ1n) is 4.65. The Kier molecular flexibility index (Phi) is 2.77. The molecular formula is C9H12N6. The van der Waals surface area contributed by atoms with Gasteiger partial charge in [-0.2, -0.15) is 0 Å². The molecular weight excluding hydrogens is 192 g/mol. The minimum Gasteiger partial charge on any atom is -0.396 e. The maximum Gasteiger partial charge on any atom is 0.149 e. The summed E-state index contributed by atoms with van der Waals surface area (Å²) in [6, 6.07) is 3.61. The highest BCUT2D eigenvalue weighted by atomic mass is 15.4. The summed E-state index contributed by atoms with van der Waals surface area (Å²) >= 11 is 0. The van der Waals surface area contributed by atoms with Gasteiger partial charge in [-0.15, -0.1) is 5.10 Å². The van der Waals surface area contributed by atoms with Crippen molar-refractivity contribution in [3.8, 4) is 0 Å². The summed E-state index contributed by atoms with van der Waals surface area (Å²) in [7, 11) is 0. The quantitative estimate of drug-likeness (QED) is 0.751. The lowest BCUT2D eigenvalue weighted by Gasteiger charge is -2.06. The number of nitrogen functional groups attached to an aromatic ring is 1. The molecule has 0 aliphatic heterocycles. The number of hydrogen-bond acceptors (Lipinski definition) is 5. The van der Waals surface area contributed by atoms with Crippen LogP contribution in [0, 0.1) is 0 Å². The molecule has 0 fully saturated rings. The van der Waals surface area contributed by atoms with E-state index in [2.05, 4.69) is 20.6 Å². The minimum absolute atomic E-state index is 0.649. The second-order valence-corrected chi connectivity index (χ2v) is 3.03. The lowest BCUT2D eigenvalue weighted by Crippen LogP contribution is -2.12. The van der Waals surface area contributed by atoms with E-state index in [0.717, 1.165) is 6.54 Å². The predicted octanol–water partition coefficient (Wildman–Crippen LogP) is 0.367. The van der Waals surface area contributed by atoms with Gasteiger partial charge in [-0.3, -0.25) is 4.68 Å². The van der Waals surface area contributed by atoms with E-state index < -0.39 is 0 Å². The van der Waals surface area contributed by atoms with Crippen LogP contribution < -0.4 is 11.1 Å². The zero-order valence-electron chi connectivity index (χ0n) is 8.17. The number of rotatable bonds is 4. The molecule has 2 heterocycles. The molecule has 0 aliphatic rings. The maximum atomic E-state index is 5.72. The number of hydrogen-bond donors (Lipinski definition) is 2. The summed E-state index contributed by atoms with van der Waals surface area (Å²) in [4.78, 5) is 4.12. The molecule has 6 heteroatoms. The van der Waals surface area contributed by atoms with Crippen molar-refractivity contribution in [2.24, 2.45) is 0 Å². The molecule has 2 aromatic heterocycles. The molecule has 2 aromatic rings. The highest BCUT2D eigenvalue weighted by molar-refractivity contribution is 5.60. The summed E-state index contributed by atoms with van der Waals surface area (Å²) in [5, 5.41) is 10.7. The number of nitrogens with one attached hydrogen (secondary N) is 1. The molecule has 0 aliphatic carbocycles. The molecule has 6 nitrogen and oxygen atoms in total. The normalized spacial score (nSPS) is 10.1. The van der Waals surface area contributed by atoms with Crippen LogP contribution in [-0.2, 0) is 6.54 Å². The van der Waals surface area contributed by atoms with Crippen molar-refractivity contribution in [1.82, 2.24) is 20.0 Å². The Morgan fingerprint density at radius 2 is 2.33 bits per heavy atom. The van der Waals surface area contributed by atoms with Crippen molar-refractivity contribution in [3.05, 3.63) is 30.7 Å². The Labute approximate surface area is 87.1 Å². The second kappa shape index (κ2) is 4.41. The van der Waals surface area contributed by atoms with Gasteiger partial charge in [0.15, 0.2) is 0 Å². The van der Waals surface area contributed by atoms with Crippen molar-refractivity contribution < 1.29 is 0 Å². The van der Waals surface area contributed by atoms with Crippen molar-refractivity contribution in [3.63, 3.8) is 0 Å². The van der Waals surface area contributed by atoms with Gasteiger partial charge in [0.2, 0.25) is 0 Å². The van der Waals surface area contributed by atoms with Gasteiger partial charge in [-0.25, -0.2) is 4.98 Å². The van der Waals surface area contributed by atoms with Crippen molar-refractivity contribution >= 4 is 11.5 Å². The van der Waals surface area contributed by atoms with Crippen LogP contribution in [0.4, 0.5) is 11.5 Å². The van der Waals surface area contributed by atoms with Crippen LogP contribution in [0.15, 0.2) is 30.7 Å². The molecule has 0 bridgehead atoms. The molecule has 0 atom stereocenters. The molecule has 3 N–H and O–H groups in total. The summed E-state index contributed by atoms with van der Waals surface area (Å²) in [6.07, 6.45) is 5.16. The van der Waals surface area contributed by atoms with Gasteiger partial charge >= 0.3 is 0 Å². The zero-order chi connectivity index (χ0) is 10.5. The molecule has 0 aromatic carbocycles. The molecule has 0 saturated carbocycles. The van der Waals surface area contributed by atoms with E-state index in [4.69, 9.17) is 5.73 Å². The fraction of sp³-hybridized carbons (Fsp3) is 0.222. The maximum absolute atomic E-state index is 5.72. The van der Waals surface area contributed by atoms with Crippen molar-refractivity contribution in [1.29, 1.82) is 0 Å². The van der Waals surface area contributed by atoms with Crippen LogP contribution in [0.5, 0.6) is 0 Å². The Hall–Kier alpha value is -2.11. The summed E-state index contributed by atoms with van der Waals surface area (Å²) in [5.41, 5.74) is 6.37. The van der Waals surface area contributed by atoms with Crippen molar-refractivity contribution in [2.45, 2.75) is 6.54 Å². The molecule has 0 saturated heterocycles. The Bertz CT molecular complexity index is 410. The molecule has 0 amide bonds. The number of nitrogens with two attached hydrogens (primary N) is 1. The van der Waals surface area contributed by atoms with E-state index in [0.29, 0.717) is 18.1 Å². The van der Waals surface area contributed by atoms with E-state index in [1.807, 2.05) is 12.3 Å². The number of anilines is 2. The highest BCUT2D eigenvalue weighted by Gasteiger charge is 1.97. The Morgan fingerprint density at radius 1 is 1.40 bits per heavy atom. The Morgan fingerprint density at radius 3 is 3.07 bits per heavy atom. The molecule has 0 spiro atoms. The third-order valence-electron chi connectivity index (χ3n) is 1.94. The van der Waals surface area contributed by atoms with Crippen LogP contribution in [0.1, 0.15) is 0 Å². The Balaban J connectivity index is 1.86. The highest BCUT2D eigenvalue weighted by Crippen LogP contribution is 2.11. The summed E-state index contributed by atoms with van der Waals surface area (Å²) < 4.78 is 1.74. The third kappa shape index (κ3) is 2.43. The topological polar surface area (TPSA) is 81.6 Å². The molecule has 0 radical (unpaired) electrons. The van der Waals surface area contributed by atoms with Gasteiger partial charge in [-0.1, -0.05) is 5.21 Å². The average molecular weight is 204 g/mol. The van der Waals surface area contributed by atoms with Crippen LogP contribution in [-0.4, -0.2) is 26.5 Å². The van der Waals surface area contributed by atoms with Gasteiger partial charge in [0.05, 0.1) is 18.4 Å². The number of pyridine rings is 1. The van der Waals surface area contributed by atoms with Gasteiger partial charge in [0.1, 0.15) is 5.82 Å². The number of nitrogens with zero attached hydrogens (tertiary/aromatic N) is 4. The molecule has 2 rings (SSSR count). The zero-order valence-corrected chi connectivity index (χ0v) is 8.17. The molecule has 0 unspecified atom stereocenters.